The van der Waals surface area contributed by atoms with Crippen molar-refractivity contribution in [3.63, 3.8) is 0 Å². The molecule has 1 aromatic heterocycles. The molecular weight excluding hydrogens is 184 g/mol. The van der Waals surface area contributed by atoms with Gasteiger partial charge in [0.25, 0.3) is 0 Å². The highest BCUT2D eigenvalue weighted by molar-refractivity contribution is 5.17. The summed E-state index contributed by atoms with van der Waals surface area (Å²) in [5.41, 5.74) is 2.52. The lowest BCUT2D eigenvalue weighted by Gasteiger charge is -2.22. The van der Waals surface area contributed by atoms with E-state index in [1.807, 2.05) is 0 Å². The van der Waals surface area contributed by atoms with Gasteiger partial charge in [-0.2, -0.15) is 0 Å². The smallest absolute Gasteiger partial charge is 0.0438 e. The third-order valence-corrected chi connectivity index (χ3v) is 3.14. The van der Waals surface area contributed by atoms with E-state index in [1.165, 1.54) is 24.2 Å². The van der Waals surface area contributed by atoms with Gasteiger partial charge in [0.2, 0.25) is 0 Å². The molecule has 82 valence electrons. The molecule has 0 aliphatic carbocycles. The van der Waals surface area contributed by atoms with Crippen molar-refractivity contribution in [1.82, 2.24) is 10.3 Å². The molecule has 1 aromatic rings. The van der Waals surface area contributed by atoms with Gasteiger partial charge in [0, 0.05) is 17.3 Å². The number of pyridine rings is 1. The third-order valence-electron chi connectivity index (χ3n) is 3.14. The summed E-state index contributed by atoms with van der Waals surface area (Å²) in [4.78, 5) is 4.77. The first kappa shape index (κ1) is 10.6. The third kappa shape index (κ3) is 2.57. The molecule has 2 rings (SSSR count). The van der Waals surface area contributed by atoms with Gasteiger partial charge >= 0.3 is 0 Å². The molecule has 1 aliphatic rings. The molecule has 1 fully saturated rings. The number of nitrogens with zero attached hydrogens (tertiary/aromatic N) is 1. The van der Waals surface area contributed by atoms with E-state index in [0.29, 0.717) is 11.8 Å². The van der Waals surface area contributed by atoms with E-state index in [0.717, 1.165) is 13.1 Å². The summed E-state index contributed by atoms with van der Waals surface area (Å²) in [6.45, 7) is 6.68. The number of aromatic nitrogens is 1. The first-order valence-electron chi connectivity index (χ1n) is 5.95. The van der Waals surface area contributed by atoms with Gasteiger partial charge < -0.3 is 5.32 Å². The highest BCUT2D eigenvalue weighted by Gasteiger charge is 2.16. The van der Waals surface area contributed by atoms with Gasteiger partial charge in [-0.05, 0) is 44.0 Å². The molecule has 0 amide bonds. The zero-order valence-corrected chi connectivity index (χ0v) is 9.66. The maximum Gasteiger partial charge on any atom is 0.0438 e. The molecule has 1 N–H and O–H groups in total. The molecule has 0 spiro atoms. The van der Waals surface area contributed by atoms with Crippen LogP contribution in [0.3, 0.4) is 0 Å². The molecule has 1 aliphatic heterocycles. The molecule has 0 saturated carbocycles. The number of piperidine rings is 1. The minimum Gasteiger partial charge on any atom is -0.317 e. The SMILES string of the molecule is CC(C)c1cccc(C2CCNCC2)n1. The van der Waals surface area contributed by atoms with Crippen molar-refractivity contribution in [3.8, 4) is 0 Å². The topological polar surface area (TPSA) is 24.9 Å². The van der Waals surface area contributed by atoms with Crippen LogP contribution >= 0.6 is 0 Å². The van der Waals surface area contributed by atoms with E-state index >= 15 is 0 Å². The number of nitrogens with one attached hydrogen (secondary N) is 1. The molecule has 0 unspecified atom stereocenters. The number of hydrogen-bond donors (Lipinski definition) is 1. The average molecular weight is 204 g/mol. The molecule has 0 radical (unpaired) electrons. The average Bonchev–Trinajstić information content (AvgIpc) is 2.30. The molecule has 15 heavy (non-hydrogen) atoms. The Morgan fingerprint density at radius 3 is 2.67 bits per heavy atom. The van der Waals surface area contributed by atoms with E-state index in [2.05, 4.69) is 37.4 Å². The summed E-state index contributed by atoms with van der Waals surface area (Å²) in [5, 5.41) is 3.39. The summed E-state index contributed by atoms with van der Waals surface area (Å²) in [7, 11) is 0. The van der Waals surface area contributed by atoms with Crippen LogP contribution < -0.4 is 5.32 Å². The van der Waals surface area contributed by atoms with Crippen LogP contribution in [0.2, 0.25) is 0 Å². The first-order chi connectivity index (χ1) is 7.27. The van der Waals surface area contributed by atoms with Crippen LogP contribution in [0.25, 0.3) is 0 Å². The lowest BCUT2D eigenvalue weighted by Crippen LogP contribution is -2.27. The Morgan fingerprint density at radius 1 is 1.27 bits per heavy atom. The van der Waals surface area contributed by atoms with Gasteiger partial charge in [-0.1, -0.05) is 19.9 Å². The van der Waals surface area contributed by atoms with Gasteiger partial charge in [-0.3, -0.25) is 4.98 Å². The maximum absolute atomic E-state index is 4.77. The summed E-state index contributed by atoms with van der Waals surface area (Å²) >= 11 is 0. The van der Waals surface area contributed by atoms with Crippen molar-refractivity contribution in [1.29, 1.82) is 0 Å². The summed E-state index contributed by atoms with van der Waals surface area (Å²) in [5.74, 6) is 1.21. The summed E-state index contributed by atoms with van der Waals surface area (Å²) in [6.07, 6.45) is 2.46. The Labute approximate surface area is 92.1 Å². The predicted molar refractivity (Wildman–Crippen MR) is 63.2 cm³/mol. The van der Waals surface area contributed by atoms with Crippen molar-refractivity contribution in [3.05, 3.63) is 29.6 Å². The summed E-state index contributed by atoms with van der Waals surface area (Å²) < 4.78 is 0. The molecule has 1 saturated heterocycles. The zero-order chi connectivity index (χ0) is 10.7. The second-order valence-electron chi connectivity index (χ2n) is 4.67. The normalized spacial score (nSPS) is 18.3. The molecule has 2 heteroatoms. The Kier molecular flexibility index (Phi) is 3.37. The van der Waals surface area contributed by atoms with Crippen LogP contribution in [0, 0.1) is 0 Å². The van der Waals surface area contributed by atoms with Crippen molar-refractivity contribution < 1.29 is 0 Å². The Hall–Kier alpha value is -0.890. The fourth-order valence-corrected chi connectivity index (χ4v) is 2.14. The van der Waals surface area contributed by atoms with Crippen LogP contribution in [0.1, 0.15) is 49.9 Å². The fourth-order valence-electron chi connectivity index (χ4n) is 2.14. The van der Waals surface area contributed by atoms with Crippen LogP contribution in [0.4, 0.5) is 0 Å². The number of hydrogen-bond acceptors (Lipinski definition) is 2. The van der Waals surface area contributed by atoms with Crippen LogP contribution in [-0.4, -0.2) is 18.1 Å². The lowest BCUT2D eigenvalue weighted by atomic mass is 9.93. The lowest BCUT2D eigenvalue weighted by molar-refractivity contribution is 0.452. The Morgan fingerprint density at radius 2 is 2.00 bits per heavy atom. The van der Waals surface area contributed by atoms with Crippen molar-refractivity contribution in [2.75, 3.05) is 13.1 Å². The Balaban J connectivity index is 2.16. The minimum absolute atomic E-state index is 0.534. The minimum atomic E-state index is 0.534. The quantitative estimate of drug-likeness (QED) is 0.801. The second kappa shape index (κ2) is 4.75. The van der Waals surface area contributed by atoms with Gasteiger partial charge in [0.05, 0.1) is 0 Å². The number of rotatable bonds is 2. The van der Waals surface area contributed by atoms with E-state index in [4.69, 9.17) is 4.98 Å². The molecule has 0 aromatic carbocycles. The van der Waals surface area contributed by atoms with Crippen LogP contribution in [0.15, 0.2) is 18.2 Å². The van der Waals surface area contributed by atoms with E-state index in [9.17, 15) is 0 Å². The largest absolute Gasteiger partial charge is 0.317 e. The second-order valence-corrected chi connectivity index (χ2v) is 4.67. The van der Waals surface area contributed by atoms with E-state index < -0.39 is 0 Å². The van der Waals surface area contributed by atoms with Crippen LogP contribution in [-0.2, 0) is 0 Å². The molecule has 2 heterocycles. The van der Waals surface area contributed by atoms with Crippen molar-refractivity contribution >= 4 is 0 Å². The molecule has 2 nitrogen and oxygen atoms in total. The fraction of sp³-hybridized carbons (Fsp3) is 0.615. The zero-order valence-electron chi connectivity index (χ0n) is 9.66. The highest BCUT2D eigenvalue weighted by Crippen LogP contribution is 2.24. The molecule has 0 bridgehead atoms. The van der Waals surface area contributed by atoms with Crippen LogP contribution in [0.5, 0.6) is 0 Å². The van der Waals surface area contributed by atoms with Gasteiger partial charge in [0.15, 0.2) is 0 Å². The van der Waals surface area contributed by atoms with Gasteiger partial charge in [-0.15, -0.1) is 0 Å². The van der Waals surface area contributed by atoms with E-state index in [-0.39, 0.29) is 0 Å². The molecule has 0 atom stereocenters. The molecular formula is C13H20N2. The highest BCUT2D eigenvalue weighted by atomic mass is 14.9. The van der Waals surface area contributed by atoms with E-state index in [1.54, 1.807) is 0 Å². The van der Waals surface area contributed by atoms with Crippen molar-refractivity contribution in [2.24, 2.45) is 0 Å². The first-order valence-corrected chi connectivity index (χ1v) is 5.95. The predicted octanol–water partition coefficient (Wildman–Crippen LogP) is 2.67. The monoisotopic (exact) mass is 204 g/mol. The van der Waals surface area contributed by atoms with Crippen molar-refractivity contribution in [2.45, 2.75) is 38.5 Å². The maximum atomic E-state index is 4.77. The van der Waals surface area contributed by atoms with Gasteiger partial charge in [-0.25, -0.2) is 0 Å². The Bertz CT molecular complexity index is 314. The summed E-state index contributed by atoms with van der Waals surface area (Å²) in [6, 6.07) is 6.47. The standard InChI is InChI=1S/C13H20N2/c1-10(2)12-4-3-5-13(15-12)11-6-8-14-9-7-11/h3-5,10-11,14H,6-9H2,1-2H3. The van der Waals surface area contributed by atoms with Gasteiger partial charge in [0.1, 0.15) is 0 Å².